The summed E-state index contributed by atoms with van der Waals surface area (Å²) in [6.45, 7) is 1.26. The van der Waals surface area contributed by atoms with Gasteiger partial charge in [-0.05, 0) is 24.0 Å². The number of urea groups is 1. The highest BCUT2D eigenvalue weighted by atomic mass is 16.2. The van der Waals surface area contributed by atoms with Gasteiger partial charge in [-0.25, -0.2) is 4.79 Å². The fraction of sp³-hybridized carbons (Fsp3) is 0.429. The van der Waals surface area contributed by atoms with Crippen molar-refractivity contribution in [1.82, 2.24) is 15.5 Å². The van der Waals surface area contributed by atoms with Crippen LogP contribution in [-0.2, 0) is 11.2 Å². The van der Waals surface area contributed by atoms with Crippen molar-refractivity contribution in [3.63, 3.8) is 0 Å². The van der Waals surface area contributed by atoms with Gasteiger partial charge in [0, 0.05) is 13.1 Å². The highest BCUT2D eigenvalue weighted by Crippen LogP contribution is 2.30. The predicted molar refractivity (Wildman–Crippen MR) is 70.6 cm³/mol. The van der Waals surface area contributed by atoms with Crippen LogP contribution in [0.2, 0.25) is 0 Å². The number of hydrogen-bond acceptors (Lipinski definition) is 2. The van der Waals surface area contributed by atoms with E-state index in [-0.39, 0.29) is 24.5 Å². The first-order chi connectivity index (χ1) is 9.24. The van der Waals surface area contributed by atoms with E-state index in [1.54, 1.807) is 4.90 Å². The number of nitrogens with one attached hydrogen (secondary N) is 2. The molecule has 5 heteroatoms. The van der Waals surface area contributed by atoms with Crippen LogP contribution in [0.15, 0.2) is 24.3 Å². The lowest BCUT2D eigenvalue weighted by Gasteiger charge is -2.28. The Morgan fingerprint density at radius 3 is 3.05 bits per heavy atom. The average Bonchev–Trinajstić information content (AvgIpc) is 2.82. The number of carbonyl (C=O) groups is 2. The van der Waals surface area contributed by atoms with Gasteiger partial charge in [0.1, 0.15) is 6.54 Å². The molecule has 5 nitrogen and oxygen atoms in total. The highest BCUT2D eigenvalue weighted by molar-refractivity contribution is 5.85. The molecular weight excluding hydrogens is 242 g/mol. The molecule has 1 aliphatic heterocycles. The molecule has 19 heavy (non-hydrogen) atoms. The molecule has 100 valence electrons. The smallest absolute Gasteiger partial charge is 0.318 e. The van der Waals surface area contributed by atoms with Crippen LogP contribution in [0.1, 0.15) is 23.6 Å². The number of carbonyl (C=O) groups excluding carboxylic acids is 2. The van der Waals surface area contributed by atoms with E-state index >= 15 is 0 Å². The molecule has 2 N–H and O–H groups in total. The third-order valence-electron chi connectivity index (χ3n) is 3.76. The topological polar surface area (TPSA) is 61.4 Å². The Morgan fingerprint density at radius 1 is 1.37 bits per heavy atom. The van der Waals surface area contributed by atoms with Crippen LogP contribution in [0.4, 0.5) is 4.79 Å². The van der Waals surface area contributed by atoms with Crippen LogP contribution in [-0.4, -0.2) is 36.5 Å². The van der Waals surface area contributed by atoms with Crippen molar-refractivity contribution in [3.8, 4) is 0 Å². The zero-order chi connectivity index (χ0) is 13.2. The summed E-state index contributed by atoms with van der Waals surface area (Å²) >= 11 is 0. The molecule has 3 amide bonds. The second kappa shape index (κ2) is 4.91. The number of benzene rings is 1. The van der Waals surface area contributed by atoms with Gasteiger partial charge in [-0.15, -0.1) is 0 Å². The van der Waals surface area contributed by atoms with Crippen LogP contribution < -0.4 is 10.6 Å². The third-order valence-corrected chi connectivity index (χ3v) is 3.76. The standard InChI is InChI=1S/C14H17N3O2/c18-13-9-17(8-7-15-13)14(19)16-12-6-5-10-3-1-2-4-11(10)12/h1-4,12H,5-9H2,(H,15,18)(H,16,19). The summed E-state index contributed by atoms with van der Waals surface area (Å²) in [6, 6.07) is 8.13. The van der Waals surface area contributed by atoms with Crippen molar-refractivity contribution in [2.75, 3.05) is 19.6 Å². The van der Waals surface area contributed by atoms with E-state index in [4.69, 9.17) is 0 Å². The number of nitrogens with zero attached hydrogens (tertiary/aromatic N) is 1. The number of aryl methyl sites for hydroxylation is 1. The van der Waals surface area contributed by atoms with Crippen molar-refractivity contribution in [1.29, 1.82) is 0 Å². The summed E-state index contributed by atoms with van der Waals surface area (Å²) in [5.74, 6) is -0.0896. The quantitative estimate of drug-likeness (QED) is 0.784. The number of hydrogen-bond donors (Lipinski definition) is 2. The normalized spacial score (nSPS) is 21.8. The van der Waals surface area contributed by atoms with E-state index in [2.05, 4.69) is 22.8 Å². The molecule has 1 atom stereocenters. The zero-order valence-electron chi connectivity index (χ0n) is 10.7. The van der Waals surface area contributed by atoms with Gasteiger partial charge in [0.15, 0.2) is 0 Å². The van der Waals surface area contributed by atoms with E-state index in [1.807, 2.05) is 12.1 Å². The van der Waals surface area contributed by atoms with Crippen LogP contribution >= 0.6 is 0 Å². The molecule has 2 aliphatic rings. The number of rotatable bonds is 1. The first-order valence-corrected chi connectivity index (χ1v) is 6.64. The predicted octanol–water partition coefficient (Wildman–Crippen LogP) is 0.815. The fourth-order valence-electron chi connectivity index (χ4n) is 2.76. The van der Waals surface area contributed by atoms with E-state index in [0.29, 0.717) is 13.1 Å². The highest BCUT2D eigenvalue weighted by Gasteiger charge is 2.27. The maximum absolute atomic E-state index is 12.1. The Bertz CT molecular complexity index is 515. The van der Waals surface area contributed by atoms with Crippen molar-refractivity contribution >= 4 is 11.9 Å². The van der Waals surface area contributed by atoms with Gasteiger partial charge < -0.3 is 15.5 Å². The van der Waals surface area contributed by atoms with E-state index in [0.717, 1.165) is 12.8 Å². The maximum atomic E-state index is 12.1. The monoisotopic (exact) mass is 259 g/mol. The van der Waals surface area contributed by atoms with Crippen molar-refractivity contribution in [2.24, 2.45) is 0 Å². The van der Waals surface area contributed by atoms with Gasteiger partial charge in [-0.2, -0.15) is 0 Å². The van der Waals surface area contributed by atoms with Gasteiger partial charge in [0.05, 0.1) is 6.04 Å². The summed E-state index contributed by atoms with van der Waals surface area (Å²) < 4.78 is 0. The van der Waals surface area contributed by atoms with Gasteiger partial charge in [0.25, 0.3) is 0 Å². The summed E-state index contributed by atoms with van der Waals surface area (Å²) in [7, 11) is 0. The minimum Gasteiger partial charge on any atom is -0.353 e. The molecule has 0 spiro atoms. The van der Waals surface area contributed by atoms with Crippen molar-refractivity contribution < 1.29 is 9.59 Å². The first kappa shape index (κ1) is 12.0. The Balaban J connectivity index is 1.66. The van der Waals surface area contributed by atoms with Gasteiger partial charge in [0.2, 0.25) is 5.91 Å². The largest absolute Gasteiger partial charge is 0.353 e. The summed E-state index contributed by atoms with van der Waals surface area (Å²) in [6.07, 6.45) is 1.94. The van der Waals surface area contributed by atoms with E-state index in [9.17, 15) is 9.59 Å². The van der Waals surface area contributed by atoms with Gasteiger partial charge >= 0.3 is 6.03 Å². The molecule has 1 heterocycles. The van der Waals surface area contributed by atoms with Crippen molar-refractivity contribution in [3.05, 3.63) is 35.4 Å². The Kier molecular flexibility index (Phi) is 3.11. The number of piperazine rings is 1. The number of fused-ring (bicyclic) bond motifs is 1. The minimum atomic E-state index is -0.142. The van der Waals surface area contributed by atoms with Gasteiger partial charge in [-0.1, -0.05) is 24.3 Å². The van der Waals surface area contributed by atoms with Crippen LogP contribution in [0.3, 0.4) is 0 Å². The van der Waals surface area contributed by atoms with E-state index < -0.39 is 0 Å². The fourth-order valence-corrected chi connectivity index (χ4v) is 2.76. The molecule has 1 fully saturated rings. The lowest BCUT2D eigenvalue weighted by atomic mass is 10.1. The Morgan fingerprint density at radius 2 is 2.21 bits per heavy atom. The summed E-state index contributed by atoms with van der Waals surface area (Å²) in [4.78, 5) is 25.0. The molecule has 0 aromatic heterocycles. The van der Waals surface area contributed by atoms with Crippen LogP contribution in [0, 0.1) is 0 Å². The molecule has 1 saturated heterocycles. The third kappa shape index (κ3) is 2.41. The zero-order valence-corrected chi connectivity index (χ0v) is 10.7. The van der Waals surface area contributed by atoms with Gasteiger partial charge in [-0.3, -0.25) is 4.79 Å². The maximum Gasteiger partial charge on any atom is 0.318 e. The molecule has 1 aromatic rings. The second-order valence-corrected chi connectivity index (χ2v) is 5.01. The first-order valence-electron chi connectivity index (χ1n) is 6.64. The molecule has 3 rings (SSSR count). The molecule has 1 aromatic carbocycles. The summed E-state index contributed by atoms with van der Waals surface area (Å²) in [5, 5.41) is 5.75. The van der Waals surface area contributed by atoms with E-state index in [1.165, 1.54) is 11.1 Å². The lowest BCUT2D eigenvalue weighted by Crippen LogP contribution is -2.53. The molecular formula is C14H17N3O2. The lowest BCUT2D eigenvalue weighted by molar-refractivity contribution is -0.123. The molecule has 1 unspecified atom stereocenters. The van der Waals surface area contributed by atoms with Crippen LogP contribution in [0.25, 0.3) is 0 Å². The Labute approximate surface area is 112 Å². The SMILES string of the molecule is O=C1CN(C(=O)NC2CCc3ccccc32)CCN1. The average molecular weight is 259 g/mol. The molecule has 1 aliphatic carbocycles. The minimum absolute atomic E-state index is 0.0775. The van der Waals surface area contributed by atoms with Crippen LogP contribution in [0.5, 0.6) is 0 Å². The molecule has 0 radical (unpaired) electrons. The second-order valence-electron chi connectivity index (χ2n) is 5.01. The number of amides is 3. The molecule has 0 bridgehead atoms. The Hall–Kier alpha value is -2.04. The molecule has 0 saturated carbocycles. The van der Waals surface area contributed by atoms with Crippen molar-refractivity contribution in [2.45, 2.75) is 18.9 Å². The summed E-state index contributed by atoms with van der Waals surface area (Å²) in [5.41, 5.74) is 2.52.